The van der Waals surface area contributed by atoms with Crippen LogP contribution >= 0.6 is 0 Å². The molecule has 2 aromatic rings. The van der Waals surface area contributed by atoms with E-state index in [2.05, 4.69) is 24.7 Å². The maximum atomic E-state index is 13.4. The summed E-state index contributed by atoms with van der Waals surface area (Å²) in [4.78, 5) is 27.7. The van der Waals surface area contributed by atoms with Crippen molar-refractivity contribution in [3.63, 3.8) is 0 Å². The summed E-state index contributed by atoms with van der Waals surface area (Å²) in [7, 11) is 0. The van der Waals surface area contributed by atoms with Gasteiger partial charge < -0.3 is 14.8 Å². The summed E-state index contributed by atoms with van der Waals surface area (Å²) < 4.78 is 13.4. The fraction of sp³-hybridized carbons (Fsp3) is 0.652. The van der Waals surface area contributed by atoms with E-state index in [0.717, 1.165) is 75.5 Å². The number of H-pyrrole nitrogens is 1. The normalized spacial score (nSPS) is 22.9. The number of hydrogen-bond acceptors (Lipinski definition) is 4. The molecule has 30 heavy (non-hydrogen) atoms. The van der Waals surface area contributed by atoms with Crippen molar-refractivity contribution in [2.45, 2.75) is 51.1 Å². The van der Waals surface area contributed by atoms with Gasteiger partial charge in [-0.05, 0) is 69.8 Å². The van der Waals surface area contributed by atoms with Crippen molar-refractivity contribution in [1.29, 1.82) is 0 Å². The number of rotatable bonds is 4. The highest BCUT2D eigenvalue weighted by Crippen LogP contribution is 2.26. The number of imidazole rings is 1. The Morgan fingerprint density at radius 3 is 2.50 bits per heavy atom. The number of benzene rings is 1. The number of fused-ring (bicyclic) bond motifs is 1. The Labute approximate surface area is 177 Å². The maximum absolute atomic E-state index is 13.4. The Balaban J connectivity index is 1.09. The van der Waals surface area contributed by atoms with Crippen LogP contribution in [-0.4, -0.2) is 75.9 Å². The van der Waals surface area contributed by atoms with Gasteiger partial charge in [0.25, 0.3) is 0 Å². The highest BCUT2D eigenvalue weighted by molar-refractivity contribution is 5.79. The van der Waals surface area contributed by atoms with E-state index in [1.807, 2.05) is 0 Å². The van der Waals surface area contributed by atoms with Crippen molar-refractivity contribution >= 4 is 16.9 Å². The van der Waals surface area contributed by atoms with Crippen LogP contribution < -0.4 is 0 Å². The Kier molecular flexibility index (Phi) is 5.74. The fourth-order valence-corrected chi connectivity index (χ4v) is 5.47. The number of aromatic amines is 1. The van der Waals surface area contributed by atoms with Crippen LogP contribution in [0.2, 0.25) is 0 Å². The molecular formula is C23H32FN5O. The Morgan fingerprint density at radius 2 is 1.77 bits per heavy atom. The van der Waals surface area contributed by atoms with E-state index in [0.29, 0.717) is 11.9 Å². The van der Waals surface area contributed by atoms with Gasteiger partial charge in [0.15, 0.2) is 0 Å². The molecule has 3 aliphatic rings. The standard InChI is InChI=1S/C23H32FN5O/c24-18-3-4-20-21(15-18)26-22(25-20)16-27-11-7-19(8-12-27)28-13-5-17(6-14-28)23(30)29-9-1-2-10-29/h3-4,15,17,19H,1-2,5-14,16H2,(H,25,26). The quantitative estimate of drug-likeness (QED) is 0.837. The number of amides is 1. The average Bonchev–Trinajstić information content (AvgIpc) is 3.43. The second-order valence-corrected chi connectivity index (χ2v) is 9.19. The zero-order valence-electron chi connectivity index (χ0n) is 17.7. The van der Waals surface area contributed by atoms with Gasteiger partial charge in [-0.1, -0.05) is 0 Å². The summed E-state index contributed by atoms with van der Waals surface area (Å²) in [5.74, 6) is 1.34. The molecule has 162 valence electrons. The Bertz CT molecular complexity index is 877. The second-order valence-electron chi connectivity index (χ2n) is 9.19. The van der Waals surface area contributed by atoms with Crippen LogP contribution in [-0.2, 0) is 11.3 Å². The summed E-state index contributed by atoms with van der Waals surface area (Å²) in [6.07, 6.45) is 6.72. The third-order valence-corrected chi connectivity index (χ3v) is 7.24. The van der Waals surface area contributed by atoms with Crippen molar-refractivity contribution in [3.8, 4) is 0 Å². The minimum Gasteiger partial charge on any atom is -0.342 e. The molecule has 1 amide bonds. The van der Waals surface area contributed by atoms with E-state index in [4.69, 9.17) is 0 Å². The molecule has 3 saturated heterocycles. The largest absolute Gasteiger partial charge is 0.342 e. The zero-order valence-corrected chi connectivity index (χ0v) is 17.7. The van der Waals surface area contributed by atoms with E-state index in [1.165, 1.54) is 37.8 Å². The molecule has 4 heterocycles. The summed E-state index contributed by atoms with van der Waals surface area (Å²) in [6, 6.07) is 5.33. The smallest absolute Gasteiger partial charge is 0.225 e. The van der Waals surface area contributed by atoms with Crippen molar-refractivity contribution in [2.75, 3.05) is 39.3 Å². The molecule has 0 radical (unpaired) electrons. The van der Waals surface area contributed by atoms with Crippen LogP contribution in [0.15, 0.2) is 18.2 Å². The van der Waals surface area contributed by atoms with Crippen molar-refractivity contribution in [1.82, 2.24) is 24.7 Å². The van der Waals surface area contributed by atoms with Crippen LogP contribution in [0, 0.1) is 11.7 Å². The van der Waals surface area contributed by atoms with Gasteiger partial charge in [0.2, 0.25) is 5.91 Å². The molecule has 0 bridgehead atoms. The van der Waals surface area contributed by atoms with Gasteiger partial charge in [-0.25, -0.2) is 9.37 Å². The maximum Gasteiger partial charge on any atom is 0.225 e. The van der Waals surface area contributed by atoms with Gasteiger partial charge in [-0.3, -0.25) is 9.69 Å². The molecule has 1 aromatic carbocycles. The number of carbonyl (C=O) groups excluding carboxylic acids is 1. The van der Waals surface area contributed by atoms with Crippen LogP contribution in [0.1, 0.15) is 44.3 Å². The number of likely N-dealkylation sites (tertiary alicyclic amines) is 3. The highest BCUT2D eigenvalue weighted by Gasteiger charge is 2.33. The molecule has 6 nitrogen and oxygen atoms in total. The van der Waals surface area contributed by atoms with E-state index in [9.17, 15) is 9.18 Å². The lowest BCUT2D eigenvalue weighted by atomic mass is 9.92. The molecule has 0 unspecified atom stereocenters. The van der Waals surface area contributed by atoms with E-state index >= 15 is 0 Å². The number of hydrogen-bond donors (Lipinski definition) is 1. The van der Waals surface area contributed by atoms with Crippen molar-refractivity contribution in [3.05, 3.63) is 29.8 Å². The number of halogens is 1. The Morgan fingerprint density at radius 1 is 1.03 bits per heavy atom. The first-order chi connectivity index (χ1) is 14.7. The van der Waals surface area contributed by atoms with Crippen LogP contribution in [0.5, 0.6) is 0 Å². The predicted octanol–water partition coefficient (Wildman–Crippen LogP) is 3.00. The van der Waals surface area contributed by atoms with Gasteiger partial charge in [0.1, 0.15) is 11.6 Å². The number of aromatic nitrogens is 2. The molecule has 0 atom stereocenters. The fourth-order valence-electron chi connectivity index (χ4n) is 5.47. The Hall–Kier alpha value is -1.99. The third-order valence-electron chi connectivity index (χ3n) is 7.24. The monoisotopic (exact) mass is 413 g/mol. The first-order valence-corrected chi connectivity index (χ1v) is 11.5. The topological polar surface area (TPSA) is 55.5 Å². The van der Waals surface area contributed by atoms with Gasteiger partial charge in [0.05, 0.1) is 17.6 Å². The molecule has 7 heteroatoms. The zero-order chi connectivity index (χ0) is 20.5. The number of carbonyl (C=O) groups is 1. The molecule has 5 rings (SSSR count). The van der Waals surface area contributed by atoms with Crippen molar-refractivity contribution < 1.29 is 9.18 Å². The van der Waals surface area contributed by atoms with E-state index in [1.54, 1.807) is 6.07 Å². The molecular weight excluding hydrogens is 381 g/mol. The first-order valence-electron chi connectivity index (χ1n) is 11.5. The lowest BCUT2D eigenvalue weighted by molar-refractivity contribution is -0.136. The lowest BCUT2D eigenvalue weighted by Crippen LogP contribution is -2.49. The summed E-state index contributed by atoms with van der Waals surface area (Å²) >= 11 is 0. The minimum atomic E-state index is -0.232. The second kappa shape index (κ2) is 8.63. The number of nitrogens with zero attached hydrogens (tertiary/aromatic N) is 4. The summed E-state index contributed by atoms with van der Waals surface area (Å²) in [5.41, 5.74) is 1.60. The van der Waals surface area contributed by atoms with Crippen LogP contribution in [0.3, 0.4) is 0 Å². The van der Waals surface area contributed by atoms with Crippen molar-refractivity contribution in [2.24, 2.45) is 5.92 Å². The molecule has 0 aliphatic carbocycles. The SMILES string of the molecule is O=C(C1CCN(C2CCN(Cc3nc4ccc(F)cc4[nH]3)CC2)CC1)N1CCCC1. The molecule has 0 saturated carbocycles. The third kappa shape index (κ3) is 4.23. The average molecular weight is 414 g/mol. The van der Waals surface area contributed by atoms with E-state index in [-0.39, 0.29) is 11.7 Å². The molecule has 3 fully saturated rings. The highest BCUT2D eigenvalue weighted by atomic mass is 19.1. The van der Waals surface area contributed by atoms with Gasteiger partial charge >= 0.3 is 0 Å². The van der Waals surface area contributed by atoms with E-state index < -0.39 is 0 Å². The summed E-state index contributed by atoms with van der Waals surface area (Å²) in [5, 5.41) is 0. The number of piperidine rings is 2. The first kappa shape index (κ1) is 19.9. The van der Waals surface area contributed by atoms with Gasteiger partial charge in [0, 0.05) is 38.1 Å². The van der Waals surface area contributed by atoms with Crippen LogP contribution in [0.4, 0.5) is 4.39 Å². The molecule has 3 aliphatic heterocycles. The molecule has 1 aromatic heterocycles. The van der Waals surface area contributed by atoms with Gasteiger partial charge in [-0.15, -0.1) is 0 Å². The molecule has 0 spiro atoms. The molecule has 1 N–H and O–H groups in total. The lowest BCUT2D eigenvalue weighted by Gasteiger charge is -2.41. The van der Waals surface area contributed by atoms with Gasteiger partial charge in [-0.2, -0.15) is 0 Å². The van der Waals surface area contributed by atoms with Crippen LogP contribution in [0.25, 0.3) is 11.0 Å². The summed E-state index contributed by atoms with van der Waals surface area (Å²) in [6.45, 7) is 6.96. The number of nitrogens with one attached hydrogen (secondary N) is 1. The predicted molar refractivity (Wildman–Crippen MR) is 114 cm³/mol. The minimum absolute atomic E-state index is 0.232.